The summed E-state index contributed by atoms with van der Waals surface area (Å²) in [6.45, 7) is 6.92. The molecule has 1 aromatic carbocycles. The lowest BCUT2D eigenvalue weighted by atomic mass is 10.1. The van der Waals surface area contributed by atoms with E-state index in [1.54, 1.807) is 33.0 Å². The molecule has 1 aliphatic rings. The number of hydrogen-bond acceptors (Lipinski definition) is 9. The lowest BCUT2D eigenvalue weighted by Gasteiger charge is -2.33. The fourth-order valence-electron chi connectivity index (χ4n) is 4.19. The fraction of sp³-hybridized carbons (Fsp3) is 0.440. The Hall–Kier alpha value is -3.70. The second kappa shape index (κ2) is 11.4. The minimum Gasteiger partial charge on any atom is -0.497 e. The van der Waals surface area contributed by atoms with Gasteiger partial charge in [-0.1, -0.05) is 5.16 Å². The van der Waals surface area contributed by atoms with Gasteiger partial charge in [-0.15, -0.1) is 0 Å². The number of nitrogens with zero attached hydrogens (tertiary/aromatic N) is 4. The lowest BCUT2D eigenvalue weighted by Crippen LogP contribution is -2.48. The van der Waals surface area contributed by atoms with Crippen LogP contribution in [0, 0.1) is 13.8 Å². The van der Waals surface area contributed by atoms with Crippen LogP contribution in [-0.2, 0) is 16.0 Å². The monoisotopic (exact) mass is 497 g/mol. The van der Waals surface area contributed by atoms with Crippen LogP contribution in [0.15, 0.2) is 28.8 Å². The molecule has 3 aromatic rings. The maximum Gasteiger partial charge on any atom is 0.340 e. The predicted octanol–water partition coefficient (Wildman–Crippen LogP) is 2.45. The SMILES string of the molecule is COCCOC(=O)c1c(C)[nH]c(C(=O)N2CCN(Cc3nc(-c4ccc(OC)cc4)no3)CC2)c1C. The molecule has 0 bridgehead atoms. The van der Waals surface area contributed by atoms with Gasteiger partial charge in [0.2, 0.25) is 11.7 Å². The van der Waals surface area contributed by atoms with Gasteiger partial charge in [0.05, 0.1) is 25.8 Å². The standard InChI is InChI=1S/C25H31N5O6/c1-16-21(25(32)35-14-13-33-3)17(2)26-22(16)24(31)30-11-9-29(10-12-30)15-20-27-23(28-36-20)18-5-7-19(34-4)8-6-18/h5-8,26H,9-15H2,1-4H3. The normalized spacial score (nSPS) is 14.2. The van der Waals surface area contributed by atoms with Crippen molar-refractivity contribution in [3.05, 3.63) is 52.7 Å². The molecule has 11 heteroatoms. The Morgan fingerprint density at radius 1 is 1.06 bits per heavy atom. The van der Waals surface area contributed by atoms with Crippen LogP contribution in [-0.4, -0.2) is 90.4 Å². The van der Waals surface area contributed by atoms with Gasteiger partial charge < -0.3 is 28.6 Å². The number of piperazine rings is 1. The van der Waals surface area contributed by atoms with E-state index in [-0.39, 0.29) is 12.5 Å². The van der Waals surface area contributed by atoms with Crippen LogP contribution in [0.2, 0.25) is 0 Å². The van der Waals surface area contributed by atoms with E-state index in [9.17, 15) is 9.59 Å². The van der Waals surface area contributed by atoms with E-state index >= 15 is 0 Å². The number of nitrogens with one attached hydrogen (secondary N) is 1. The smallest absolute Gasteiger partial charge is 0.340 e. The quantitative estimate of drug-likeness (QED) is 0.351. The fourth-order valence-corrected chi connectivity index (χ4v) is 4.19. The molecule has 0 saturated carbocycles. The first-order valence-electron chi connectivity index (χ1n) is 11.7. The van der Waals surface area contributed by atoms with Crippen molar-refractivity contribution in [2.45, 2.75) is 20.4 Å². The summed E-state index contributed by atoms with van der Waals surface area (Å²) in [5, 5.41) is 4.08. The highest BCUT2D eigenvalue weighted by molar-refractivity contribution is 6.00. The van der Waals surface area contributed by atoms with Gasteiger partial charge in [-0.05, 0) is 43.7 Å². The van der Waals surface area contributed by atoms with Crippen LogP contribution in [0.4, 0.5) is 0 Å². The number of hydrogen-bond donors (Lipinski definition) is 1. The summed E-state index contributed by atoms with van der Waals surface area (Å²) >= 11 is 0. The Morgan fingerprint density at radius 3 is 2.44 bits per heavy atom. The Bertz CT molecular complexity index is 1190. The van der Waals surface area contributed by atoms with Gasteiger partial charge >= 0.3 is 5.97 Å². The highest BCUT2D eigenvalue weighted by atomic mass is 16.6. The summed E-state index contributed by atoms with van der Waals surface area (Å²) in [7, 11) is 3.16. The molecule has 36 heavy (non-hydrogen) atoms. The van der Waals surface area contributed by atoms with E-state index < -0.39 is 5.97 Å². The minimum atomic E-state index is -0.462. The number of aromatic amines is 1. The number of benzene rings is 1. The summed E-state index contributed by atoms with van der Waals surface area (Å²) < 4.78 is 20.8. The Kier molecular flexibility index (Phi) is 8.01. The molecule has 4 rings (SSSR count). The molecule has 1 N–H and O–H groups in total. The van der Waals surface area contributed by atoms with Gasteiger partial charge in [-0.25, -0.2) is 4.79 Å². The van der Waals surface area contributed by atoms with E-state index in [1.165, 1.54) is 0 Å². The van der Waals surface area contributed by atoms with Crippen LogP contribution < -0.4 is 4.74 Å². The van der Waals surface area contributed by atoms with Gasteiger partial charge in [0.25, 0.3) is 5.91 Å². The van der Waals surface area contributed by atoms with E-state index in [0.29, 0.717) is 73.6 Å². The molecule has 1 saturated heterocycles. The molecule has 1 aliphatic heterocycles. The number of rotatable bonds is 9. The third-order valence-corrected chi connectivity index (χ3v) is 6.21. The molecule has 0 spiro atoms. The van der Waals surface area contributed by atoms with Crippen molar-refractivity contribution in [3.8, 4) is 17.1 Å². The molecule has 1 fully saturated rings. The van der Waals surface area contributed by atoms with Gasteiger partial charge in [0.15, 0.2) is 0 Å². The number of esters is 1. The average molecular weight is 498 g/mol. The van der Waals surface area contributed by atoms with Crippen molar-refractivity contribution in [2.24, 2.45) is 0 Å². The van der Waals surface area contributed by atoms with E-state index in [1.807, 2.05) is 24.3 Å². The number of methoxy groups -OCH3 is 2. The van der Waals surface area contributed by atoms with Crippen molar-refractivity contribution in [1.29, 1.82) is 0 Å². The molecule has 0 aliphatic carbocycles. The Labute approximate surface area is 209 Å². The number of aromatic nitrogens is 3. The topological polar surface area (TPSA) is 123 Å². The molecule has 0 atom stereocenters. The zero-order valence-electron chi connectivity index (χ0n) is 21.0. The van der Waals surface area contributed by atoms with Crippen molar-refractivity contribution < 1.29 is 28.3 Å². The summed E-state index contributed by atoms with van der Waals surface area (Å²) in [4.78, 5) is 37.2. The number of carbonyl (C=O) groups is 2. The zero-order valence-corrected chi connectivity index (χ0v) is 21.0. The summed E-state index contributed by atoms with van der Waals surface area (Å²) in [5.74, 6) is 1.21. The van der Waals surface area contributed by atoms with Gasteiger partial charge in [0, 0.05) is 44.5 Å². The van der Waals surface area contributed by atoms with Crippen LogP contribution in [0.1, 0.15) is 38.0 Å². The van der Waals surface area contributed by atoms with E-state index in [4.69, 9.17) is 18.7 Å². The first-order chi connectivity index (χ1) is 17.4. The van der Waals surface area contributed by atoms with Crippen molar-refractivity contribution in [2.75, 3.05) is 53.6 Å². The Balaban J connectivity index is 1.33. The molecule has 0 unspecified atom stereocenters. The second-order valence-electron chi connectivity index (χ2n) is 8.56. The summed E-state index contributed by atoms with van der Waals surface area (Å²) in [6, 6.07) is 7.46. The number of H-pyrrole nitrogens is 1. The van der Waals surface area contributed by atoms with E-state index in [2.05, 4.69) is 20.0 Å². The first-order valence-corrected chi connectivity index (χ1v) is 11.7. The van der Waals surface area contributed by atoms with Crippen LogP contribution in [0.25, 0.3) is 11.4 Å². The third-order valence-electron chi connectivity index (χ3n) is 6.21. The minimum absolute atomic E-state index is 0.134. The molecule has 1 amide bonds. The number of aryl methyl sites for hydroxylation is 1. The first kappa shape index (κ1) is 25.4. The highest BCUT2D eigenvalue weighted by Crippen LogP contribution is 2.22. The highest BCUT2D eigenvalue weighted by Gasteiger charge is 2.28. The average Bonchev–Trinajstić information content (AvgIpc) is 3.47. The van der Waals surface area contributed by atoms with Crippen molar-refractivity contribution >= 4 is 11.9 Å². The van der Waals surface area contributed by atoms with Crippen LogP contribution in [0.5, 0.6) is 5.75 Å². The molecular weight excluding hydrogens is 466 g/mol. The third kappa shape index (κ3) is 5.58. The summed E-state index contributed by atoms with van der Waals surface area (Å²) in [5.41, 5.74) is 2.87. The number of ether oxygens (including phenoxy) is 3. The second-order valence-corrected chi connectivity index (χ2v) is 8.56. The van der Waals surface area contributed by atoms with Crippen LogP contribution >= 0.6 is 0 Å². The molecule has 2 aromatic heterocycles. The van der Waals surface area contributed by atoms with Gasteiger partial charge in [-0.2, -0.15) is 4.98 Å². The molecule has 3 heterocycles. The zero-order chi connectivity index (χ0) is 25.7. The van der Waals surface area contributed by atoms with Gasteiger partial charge in [0.1, 0.15) is 18.1 Å². The van der Waals surface area contributed by atoms with Crippen LogP contribution in [0.3, 0.4) is 0 Å². The Morgan fingerprint density at radius 2 is 1.78 bits per heavy atom. The van der Waals surface area contributed by atoms with Crippen molar-refractivity contribution in [3.63, 3.8) is 0 Å². The maximum atomic E-state index is 13.2. The summed E-state index contributed by atoms with van der Waals surface area (Å²) in [6.07, 6.45) is 0. The molecule has 11 nitrogen and oxygen atoms in total. The predicted molar refractivity (Wildman–Crippen MR) is 130 cm³/mol. The number of carbonyl (C=O) groups excluding carboxylic acids is 2. The van der Waals surface area contributed by atoms with Gasteiger partial charge in [-0.3, -0.25) is 9.69 Å². The molecule has 192 valence electrons. The maximum absolute atomic E-state index is 13.2. The lowest BCUT2D eigenvalue weighted by molar-refractivity contribution is 0.0386. The molecule has 0 radical (unpaired) electrons. The number of amides is 1. The van der Waals surface area contributed by atoms with Crippen molar-refractivity contribution in [1.82, 2.24) is 24.9 Å². The van der Waals surface area contributed by atoms with E-state index in [0.717, 1.165) is 11.3 Å². The largest absolute Gasteiger partial charge is 0.497 e. The molecular formula is C25H31N5O6.